The van der Waals surface area contributed by atoms with Crippen molar-refractivity contribution >= 4 is 18.0 Å². The molecule has 0 unspecified atom stereocenters. The topological polar surface area (TPSA) is 88.4 Å². The zero-order valence-corrected chi connectivity index (χ0v) is 14.3. The Morgan fingerprint density at radius 3 is 2.52 bits per heavy atom. The fourth-order valence-corrected chi connectivity index (χ4v) is 2.69. The first-order chi connectivity index (χ1) is 12.1. The van der Waals surface area contributed by atoms with Crippen LogP contribution in [0.2, 0.25) is 0 Å². The molecule has 25 heavy (non-hydrogen) atoms. The molecule has 1 aliphatic rings. The summed E-state index contributed by atoms with van der Waals surface area (Å²) in [7, 11) is 1.29. The van der Waals surface area contributed by atoms with E-state index < -0.39 is 5.97 Å². The van der Waals surface area contributed by atoms with E-state index in [4.69, 9.17) is 4.74 Å². The smallest absolute Gasteiger partial charge is 0.343 e. The minimum atomic E-state index is -0.463. The fourth-order valence-electron chi connectivity index (χ4n) is 2.69. The van der Waals surface area contributed by atoms with Crippen LogP contribution in [-0.2, 0) is 14.3 Å². The Kier molecular flexibility index (Phi) is 7.02. The van der Waals surface area contributed by atoms with Crippen molar-refractivity contribution in [2.75, 3.05) is 13.7 Å². The number of benzene rings is 1. The fraction of sp³-hybridized carbons (Fsp3) is 0.421. The average Bonchev–Trinajstić information content (AvgIpc) is 2.65. The first kappa shape index (κ1) is 18.5. The molecule has 132 valence electrons. The third-order valence-corrected chi connectivity index (χ3v) is 4.08. The summed E-state index contributed by atoms with van der Waals surface area (Å²) < 4.78 is 9.75. The Morgan fingerprint density at radius 1 is 1.24 bits per heavy atom. The highest BCUT2D eigenvalue weighted by Gasteiger charge is 2.18. The molecule has 1 aromatic carbocycles. The zero-order chi connectivity index (χ0) is 18.1. The summed E-state index contributed by atoms with van der Waals surface area (Å²) in [4.78, 5) is 23.3. The molecule has 1 aromatic rings. The highest BCUT2D eigenvalue weighted by Crippen LogP contribution is 2.18. The van der Waals surface area contributed by atoms with Gasteiger partial charge in [0, 0.05) is 6.04 Å². The number of hydrogen-bond donors (Lipinski definition) is 1. The SMILES string of the molecule is COC(=O)COc1ccc(/C=C(\C#N)C(=O)NC2CCCCC2)cc1. The molecule has 1 N–H and O–H groups in total. The molecule has 1 fully saturated rings. The molecule has 0 aromatic heterocycles. The van der Waals surface area contributed by atoms with E-state index in [9.17, 15) is 14.9 Å². The Morgan fingerprint density at radius 2 is 1.92 bits per heavy atom. The first-order valence-electron chi connectivity index (χ1n) is 8.34. The number of nitrogens with one attached hydrogen (secondary N) is 1. The predicted molar refractivity (Wildman–Crippen MR) is 92.6 cm³/mol. The third kappa shape index (κ3) is 5.96. The van der Waals surface area contributed by atoms with E-state index in [1.165, 1.54) is 13.5 Å². The van der Waals surface area contributed by atoms with Crippen molar-refractivity contribution in [1.82, 2.24) is 5.32 Å². The van der Waals surface area contributed by atoms with Crippen LogP contribution in [0.25, 0.3) is 6.08 Å². The Labute approximate surface area is 147 Å². The summed E-state index contributed by atoms with van der Waals surface area (Å²) in [5, 5.41) is 12.2. The van der Waals surface area contributed by atoms with Crippen LogP contribution in [0.15, 0.2) is 29.8 Å². The summed E-state index contributed by atoms with van der Waals surface area (Å²) in [6.45, 7) is -0.168. The van der Waals surface area contributed by atoms with Crippen molar-refractivity contribution in [3.8, 4) is 11.8 Å². The van der Waals surface area contributed by atoms with Gasteiger partial charge in [0.2, 0.25) is 0 Å². The van der Waals surface area contributed by atoms with Gasteiger partial charge in [0.15, 0.2) is 6.61 Å². The molecule has 0 atom stereocenters. The van der Waals surface area contributed by atoms with Crippen molar-refractivity contribution in [2.24, 2.45) is 0 Å². The molecular formula is C19H22N2O4. The van der Waals surface area contributed by atoms with Crippen LogP contribution in [0, 0.1) is 11.3 Å². The lowest BCUT2D eigenvalue weighted by molar-refractivity contribution is -0.142. The van der Waals surface area contributed by atoms with E-state index >= 15 is 0 Å². The van der Waals surface area contributed by atoms with E-state index in [0.29, 0.717) is 11.3 Å². The predicted octanol–water partition coefficient (Wildman–Crippen LogP) is 2.59. The maximum absolute atomic E-state index is 12.2. The molecule has 2 rings (SSSR count). The number of amides is 1. The second-order valence-electron chi connectivity index (χ2n) is 5.91. The maximum Gasteiger partial charge on any atom is 0.343 e. The lowest BCUT2D eigenvalue weighted by atomic mass is 9.95. The third-order valence-electron chi connectivity index (χ3n) is 4.08. The van der Waals surface area contributed by atoms with E-state index in [1.807, 2.05) is 6.07 Å². The minimum Gasteiger partial charge on any atom is -0.482 e. The van der Waals surface area contributed by atoms with Crippen molar-refractivity contribution in [2.45, 2.75) is 38.1 Å². The molecular weight excluding hydrogens is 320 g/mol. The van der Waals surface area contributed by atoms with Gasteiger partial charge in [-0.25, -0.2) is 4.79 Å². The number of methoxy groups -OCH3 is 1. The summed E-state index contributed by atoms with van der Waals surface area (Å²) in [6, 6.07) is 8.90. The van der Waals surface area contributed by atoms with E-state index in [2.05, 4.69) is 10.1 Å². The number of rotatable bonds is 6. The van der Waals surface area contributed by atoms with Crippen LogP contribution in [0.5, 0.6) is 5.75 Å². The van der Waals surface area contributed by atoms with Crippen molar-refractivity contribution in [3.63, 3.8) is 0 Å². The van der Waals surface area contributed by atoms with Crippen LogP contribution >= 0.6 is 0 Å². The van der Waals surface area contributed by atoms with Gasteiger partial charge >= 0.3 is 5.97 Å². The van der Waals surface area contributed by atoms with Gasteiger partial charge in [-0.1, -0.05) is 31.4 Å². The summed E-state index contributed by atoms with van der Waals surface area (Å²) in [5.74, 6) is -0.289. The number of carbonyl (C=O) groups is 2. The maximum atomic E-state index is 12.2. The minimum absolute atomic E-state index is 0.0776. The van der Waals surface area contributed by atoms with Gasteiger partial charge in [0.1, 0.15) is 17.4 Å². The van der Waals surface area contributed by atoms with E-state index in [-0.39, 0.29) is 24.1 Å². The highest BCUT2D eigenvalue weighted by atomic mass is 16.6. The first-order valence-corrected chi connectivity index (χ1v) is 8.34. The van der Waals surface area contributed by atoms with Gasteiger partial charge in [-0.2, -0.15) is 5.26 Å². The number of ether oxygens (including phenoxy) is 2. The van der Waals surface area contributed by atoms with Crippen molar-refractivity contribution < 1.29 is 19.1 Å². The number of nitrogens with zero attached hydrogens (tertiary/aromatic N) is 1. The van der Waals surface area contributed by atoms with Crippen LogP contribution in [0.3, 0.4) is 0 Å². The van der Waals surface area contributed by atoms with Gasteiger partial charge in [-0.05, 0) is 36.6 Å². The van der Waals surface area contributed by atoms with Crippen LogP contribution in [0.1, 0.15) is 37.7 Å². The van der Waals surface area contributed by atoms with Crippen LogP contribution in [0.4, 0.5) is 0 Å². The molecule has 0 saturated heterocycles. The number of carbonyl (C=O) groups excluding carboxylic acids is 2. The van der Waals surface area contributed by atoms with Gasteiger partial charge < -0.3 is 14.8 Å². The Hall–Kier alpha value is -2.81. The number of nitriles is 1. The zero-order valence-electron chi connectivity index (χ0n) is 14.3. The molecule has 0 bridgehead atoms. The van der Waals surface area contributed by atoms with Gasteiger partial charge in [-0.3, -0.25) is 4.79 Å². The summed E-state index contributed by atoms with van der Waals surface area (Å²) >= 11 is 0. The quantitative estimate of drug-likeness (QED) is 0.488. The van der Waals surface area contributed by atoms with Crippen LogP contribution < -0.4 is 10.1 Å². The molecule has 0 aliphatic heterocycles. The van der Waals surface area contributed by atoms with Crippen molar-refractivity contribution in [1.29, 1.82) is 5.26 Å². The largest absolute Gasteiger partial charge is 0.482 e. The Balaban J connectivity index is 1.97. The standard InChI is InChI=1S/C19H22N2O4/c1-24-18(22)13-25-17-9-7-14(8-10-17)11-15(12-20)19(23)21-16-5-3-2-4-6-16/h7-11,16H,2-6,13H2,1H3,(H,21,23)/b15-11+. The lowest BCUT2D eigenvalue weighted by Crippen LogP contribution is -2.36. The molecule has 6 heteroatoms. The normalized spacial score (nSPS) is 15.1. The van der Waals surface area contributed by atoms with Gasteiger partial charge in [0.25, 0.3) is 5.91 Å². The van der Waals surface area contributed by atoms with Crippen LogP contribution in [-0.4, -0.2) is 31.6 Å². The molecule has 1 saturated carbocycles. The van der Waals surface area contributed by atoms with Gasteiger partial charge in [-0.15, -0.1) is 0 Å². The van der Waals surface area contributed by atoms with Gasteiger partial charge in [0.05, 0.1) is 7.11 Å². The van der Waals surface area contributed by atoms with Crippen molar-refractivity contribution in [3.05, 3.63) is 35.4 Å². The summed E-state index contributed by atoms with van der Waals surface area (Å²) in [6.07, 6.45) is 6.92. The molecule has 0 heterocycles. The highest BCUT2D eigenvalue weighted by molar-refractivity contribution is 6.01. The van der Waals surface area contributed by atoms with E-state index in [1.54, 1.807) is 30.3 Å². The van der Waals surface area contributed by atoms with E-state index in [0.717, 1.165) is 25.7 Å². The molecule has 1 amide bonds. The lowest BCUT2D eigenvalue weighted by Gasteiger charge is -2.22. The number of hydrogen-bond acceptors (Lipinski definition) is 5. The summed E-state index contributed by atoms with van der Waals surface area (Å²) in [5.41, 5.74) is 0.787. The molecule has 6 nitrogen and oxygen atoms in total. The second-order valence-corrected chi connectivity index (χ2v) is 5.91. The monoisotopic (exact) mass is 342 g/mol. The average molecular weight is 342 g/mol. The molecule has 0 spiro atoms. The Bertz CT molecular complexity index is 668. The number of esters is 1. The molecule has 1 aliphatic carbocycles. The second kappa shape index (κ2) is 9.48. The molecule has 0 radical (unpaired) electrons.